The van der Waals surface area contributed by atoms with Crippen LogP contribution in [0.15, 0.2) is 24.3 Å². The molecule has 2 unspecified atom stereocenters. The Kier molecular flexibility index (Phi) is 5.24. The van der Waals surface area contributed by atoms with E-state index in [0.29, 0.717) is 24.5 Å². The standard InChI is InChI=1S/C15H22N2O3/c16-12-5-1-2-7-14(12)20-9-8-15(19)17-13-6-3-4-11(13)10-18/h1-2,5,7,11,13,18H,3-4,6,8-10,16H2,(H,17,19). The number of aliphatic hydroxyl groups excluding tert-OH is 1. The van der Waals surface area contributed by atoms with Crippen molar-refractivity contribution in [3.05, 3.63) is 24.3 Å². The minimum Gasteiger partial charge on any atom is -0.491 e. The van der Waals surface area contributed by atoms with Crippen LogP contribution >= 0.6 is 0 Å². The van der Waals surface area contributed by atoms with Gasteiger partial charge < -0.3 is 20.9 Å². The van der Waals surface area contributed by atoms with Crippen LogP contribution in [0.25, 0.3) is 0 Å². The monoisotopic (exact) mass is 278 g/mol. The van der Waals surface area contributed by atoms with Gasteiger partial charge in [0.15, 0.2) is 0 Å². The van der Waals surface area contributed by atoms with Crippen molar-refractivity contribution in [3.8, 4) is 5.75 Å². The van der Waals surface area contributed by atoms with E-state index in [4.69, 9.17) is 10.5 Å². The number of aliphatic hydroxyl groups is 1. The molecule has 5 nitrogen and oxygen atoms in total. The maximum Gasteiger partial charge on any atom is 0.223 e. The molecule has 0 saturated heterocycles. The van der Waals surface area contributed by atoms with Crippen molar-refractivity contribution in [1.29, 1.82) is 0 Å². The van der Waals surface area contributed by atoms with Crippen LogP contribution in [0.1, 0.15) is 25.7 Å². The number of hydrogen-bond donors (Lipinski definition) is 3. The first-order valence-corrected chi connectivity index (χ1v) is 7.08. The molecule has 5 heteroatoms. The molecule has 2 rings (SSSR count). The molecule has 1 aromatic rings. The molecule has 1 fully saturated rings. The largest absolute Gasteiger partial charge is 0.491 e. The summed E-state index contributed by atoms with van der Waals surface area (Å²) in [6, 6.07) is 7.33. The summed E-state index contributed by atoms with van der Waals surface area (Å²) in [5.74, 6) is 0.767. The topological polar surface area (TPSA) is 84.6 Å². The van der Waals surface area contributed by atoms with Crippen LogP contribution in [0.5, 0.6) is 5.75 Å². The number of carbonyl (C=O) groups is 1. The molecule has 0 radical (unpaired) electrons. The van der Waals surface area contributed by atoms with E-state index in [-0.39, 0.29) is 24.5 Å². The summed E-state index contributed by atoms with van der Waals surface area (Å²) in [7, 11) is 0. The number of rotatable bonds is 6. The molecule has 0 heterocycles. The van der Waals surface area contributed by atoms with E-state index in [0.717, 1.165) is 19.3 Å². The van der Waals surface area contributed by atoms with Gasteiger partial charge in [-0.15, -0.1) is 0 Å². The summed E-state index contributed by atoms with van der Waals surface area (Å²) in [6.45, 7) is 0.443. The first-order chi connectivity index (χ1) is 9.70. The average Bonchev–Trinajstić information content (AvgIpc) is 2.88. The zero-order valence-electron chi connectivity index (χ0n) is 11.5. The molecule has 2 atom stereocenters. The minimum absolute atomic E-state index is 0.0372. The van der Waals surface area contributed by atoms with Gasteiger partial charge in [-0.3, -0.25) is 4.79 Å². The maximum atomic E-state index is 11.8. The molecule has 0 spiro atoms. The summed E-state index contributed by atoms with van der Waals surface area (Å²) in [5, 5.41) is 12.2. The first-order valence-electron chi connectivity index (χ1n) is 7.08. The van der Waals surface area contributed by atoms with Crippen LogP contribution in [0.4, 0.5) is 5.69 Å². The highest BCUT2D eigenvalue weighted by molar-refractivity contribution is 5.76. The highest BCUT2D eigenvalue weighted by Gasteiger charge is 2.27. The van der Waals surface area contributed by atoms with E-state index in [1.165, 1.54) is 0 Å². The molecule has 1 aliphatic carbocycles. The number of nitrogens with two attached hydrogens (primary N) is 1. The summed E-state index contributed by atoms with van der Waals surface area (Å²) >= 11 is 0. The number of carbonyl (C=O) groups excluding carboxylic acids is 1. The molecule has 1 saturated carbocycles. The molecular formula is C15H22N2O3. The molecule has 0 aliphatic heterocycles. The summed E-state index contributed by atoms with van der Waals surface area (Å²) in [5.41, 5.74) is 6.33. The normalized spacial score (nSPS) is 21.6. The SMILES string of the molecule is Nc1ccccc1OCCC(=O)NC1CCCC1CO. The van der Waals surface area contributed by atoms with Crippen molar-refractivity contribution in [2.45, 2.75) is 31.7 Å². The third-order valence-electron chi connectivity index (χ3n) is 3.75. The second-order valence-corrected chi connectivity index (χ2v) is 5.18. The molecule has 20 heavy (non-hydrogen) atoms. The van der Waals surface area contributed by atoms with Gasteiger partial charge in [-0.05, 0) is 25.0 Å². The van der Waals surface area contributed by atoms with E-state index < -0.39 is 0 Å². The quantitative estimate of drug-likeness (QED) is 0.685. The average molecular weight is 278 g/mol. The number of para-hydroxylation sites is 2. The minimum atomic E-state index is -0.0372. The van der Waals surface area contributed by atoms with Crippen LogP contribution in [-0.2, 0) is 4.79 Å². The molecular weight excluding hydrogens is 256 g/mol. The van der Waals surface area contributed by atoms with Crippen molar-refractivity contribution in [2.24, 2.45) is 5.92 Å². The van der Waals surface area contributed by atoms with Gasteiger partial charge in [-0.25, -0.2) is 0 Å². The van der Waals surface area contributed by atoms with E-state index in [1.807, 2.05) is 12.1 Å². The Hall–Kier alpha value is -1.75. The lowest BCUT2D eigenvalue weighted by molar-refractivity contribution is -0.122. The fraction of sp³-hybridized carbons (Fsp3) is 0.533. The Morgan fingerprint density at radius 3 is 2.95 bits per heavy atom. The smallest absolute Gasteiger partial charge is 0.223 e. The second kappa shape index (κ2) is 7.14. The van der Waals surface area contributed by atoms with Gasteiger partial charge >= 0.3 is 0 Å². The fourth-order valence-electron chi connectivity index (χ4n) is 2.59. The summed E-state index contributed by atoms with van der Waals surface area (Å²) in [4.78, 5) is 11.8. The molecule has 1 aromatic carbocycles. The van der Waals surface area contributed by atoms with Gasteiger partial charge in [0.25, 0.3) is 0 Å². The van der Waals surface area contributed by atoms with Gasteiger partial charge in [0.1, 0.15) is 5.75 Å². The zero-order valence-corrected chi connectivity index (χ0v) is 11.5. The van der Waals surface area contributed by atoms with Crippen molar-refractivity contribution >= 4 is 11.6 Å². The molecule has 110 valence electrons. The number of ether oxygens (including phenoxy) is 1. The Morgan fingerprint density at radius 1 is 1.40 bits per heavy atom. The fourth-order valence-corrected chi connectivity index (χ4v) is 2.59. The lowest BCUT2D eigenvalue weighted by atomic mass is 10.1. The zero-order chi connectivity index (χ0) is 14.4. The van der Waals surface area contributed by atoms with Crippen LogP contribution in [0, 0.1) is 5.92 Å². The lowest BCUT2D eigenvalue weighted by Gasteiger charge is -2.19. The van der Waals surface area contributed by atoms with Crippen molar-refractivity contribution in [3.63, 3.8) is 0 Å². The number of nitrogen functional groups attached to an aromatic ring is 1. The molecule has 1 aliphatic rings. The summed E-state index contributed by atoms with van der Waals surface area (Å²) < 4.78 is 5.49. The van der Waals surface area contributed by atoms with Crippen LogP contribution in [-0.4, -0.2) is 30.3 Å². The Bertz CT molecular complexity index is 450. The van der Waals surface area contributed by atoms with Gasteiger partial charge in [0.05, 0.1) is 18.7 Å². The molecule has 1 amide bonds. The predicted octanol–water partition coefficient (Wildman–Crippen LogP) is 1.31. The number of nitrogens with one attached hydrogen (secondary N) is 1. The van der Waals surface area contributed by atoms with Crippen molar-refractivity contribution < 1.29 is 14.6 Å². The Morgan fingerprint density at radius 2 is 2.20 bits per heavy atom. The number of amides is 1. The predicted molar refractivity (Wildman–Crippen MR) is 77.3 cm³/mol. The van der Waals surface area contributed by atoms with E-state index in [1.54, 1.807) is 12.1 Å². The van der Waals surface area contributed by atoms with E-state index >= 15 is 0 Å². The van der Waals surface area contributed by atoms with E-state index in [2.05, 4.69) is 5.32 Å². The molecule has 4 N–H and O–H groups in total. The van der Waals surface area contributed by atoms with Gasteiger partial charge in [0.2, 0.25) is 5.91 Å². The van der Waals surface area contributed by atoms with Crippen molar-refractivity contribution in [2.75, 3.05) is 18.9 Å². The van der Waals surface area contributed by atoms with Gasteiger partial charge in [0, 0.05) is 18.6 Å². The highest BCUT2D eigenvalue weighted by atomic mass is 16.5. The highest BCUT2D eigenvalue weighted by Crippen LogP contribution is 2.25. The van der Waals surface area contributed by atoms with Crippen LogP contribution < -0.4 is 15.8 Å². The van der Waals surface area contributed by atoms with Crippen LogP contribution in [0.3, 0.4) is 0 Å². The Balaban J connectivity index is 1.72. The Labute approximate surface area is 119 Å². The first kappa shape index (κ1) is 14.7. The van der Waals surface area contributed by atoms with Crippen LogP contribution in [0.2, 0.25) is 0 Å². The molecule has 0 bridgehead atoms. The van der Waals surface area contributed by atoms with Gasteiger partial charge in [-0.2, -0.15) is 0 Å². The van der Waals surface area contributed by atoms with Gasteiger partial charge in [-0.1, -0.05) is 18.6 Å². The second-order valence-electron chi connectivity index (χ2n) is 5.18. The third-order valence-corrected chi connectivity index (χ3v) is 3.75. The number of benzene rings is 1. The third kappa shape index (κ3) is 3.87. The van der Waals surface area contributed by atoms with Crippen molar-refractivity contribution in [1.82, 2.24) is 5.32 Å². The molecule has 0 aromatic heterocycles. The maximum absolute atomic E-state index is 11.8. The number of anilines is 1. The van der Waals surface area contributed by atoms with E-state index in [9.17, 15) is 9.90 Å². The summed E-state index contributed by atoms with van der Waals surface area (Å²) in [6.07, 6.45) is 3.29. The lowest BCUT2D eigenvalue weighted by Crippen LogP contribution is -2.39. The number of hydrogen-bond acceptors (Lipinski definition) is 4.